The van der Waals surface area contributed by atoms with E-state index in [0.29, 0.717) is 0 Å². The van der Waals surface area contributed by atoms with Crippen LogP contribution in [0.25, 0.3) is 0 Å². The number of rotatable bonds is 5. The average molecular weight is 168 g/mol. The lowest BCUT2D eigenvalue weighted by Gasteiger charge is -2.29. The summed E-state index contributed by atoms with van der Waals surface area (Å²) in [7, 11) is 0. The normalized spacial score (nSPS) is 21.9. The molecule has 1 aliphatic carbocycles. The Hall–Kier alpha value is -0.340. The van der Waals surface area contributed by atoms with Crippen LogP contribution in [-0.4, -0.2) is 18.6 Å². The smallest absolute Gasteiger partial charge is 0.0306 e. The van der Waals surface area contributed by atoms with Gasteiger partial charge in [0, 0.05) is 18.6 Å². The SMILES string of the molecule is C=C(C)CNC(C)(CN)C1CC1. The molecule has 0 saturated heterocycles. The minimum atomic E-state index is 0.152. The van der Waals surface area contributed by atoms with Crippen molar-refractivity contribution >= 4 is 0 Å². The molecule has 1 saturated carbocycles. The Bertz CT molecular complexity index is 173. The second-order valence-corrected chi connectivity index (χ2v) is 4.21. The predicted molar refractivity (Wildman–Crippen MR) is 53.0 cm³/mol. The Kier molecular flexibility index (Phi) is 2.91. The molecule has 0 heterocycles. The first-order valence-corrected chi connectivity index (χ1v) is 4.68. The summed E-state index contributed by atoms with van der Waals surface area (Å²) in [6.07, 6.45) is 2.66. The van der Waals surface area contributed by atoms with Gasteiger partial charge in [0.15, 0.2) is 0 Å². The molecule has 0 radical (unpaired) electrons. The lowest BCUT2D eigenvalue weighted by Crippen LogP contribution is -2.51. The third-order valence-corrected chi connectivity index (χ3v) is 2.70. The number of nitrogens with one attached hydrogen (secondary N) is 1. The zero-order valence-corrected chi connectivity index (χ0v) is 8.19. The molecule has 1 unspecified atom stereocenters. The molecular formula is C10H20N2. The van der Waals surface area contributed by atoms with E-state index in [4.69, 9.17) is 5.73 Å². The van der Waals surface area contributed by atoms with Gasteiger partial charge in [-0.3, -0.25) is 0 Å². The first-order valence-electron chi connectivity index (χ1n) is 4.68. The second-order valence-electron chi connectivity index (χ2n) is 4.21. The van der Waals surface area contributed by atoms with E-state index >= 15 is 0 Å². The van der Waals surface area contributed by atoms with Crippen molar-refractivity contribution < 1.29 is 0 Å². The summed E-state index contributed by atoms with van der Waals surface area (Å²) < 4.78 is 0. The summed E-state index contributed by atoms with van der Waals surface area (Å²) in [4.78, 5) is 0. The lowest BCUT2D eigenvalue weighted by molar-refractivity contribution is 0.330. The summed E-state index contributed by atoms with van der Waals surface area (Å²) >= 11 is 0. The van der Waals surface area contributed by atoms with Gasteiger partial charge in [0.2, 0.25) is 0 Å². The van der Waals surface area contributed by atoms with Gasteiger partial charge in [-0.05, 0) is 32.6 Å². The third-order valence-electron chi connectivity index (χ3n) is 2.70. The Morgan fingerprint density at radius 3 is 2.58 bits per heavy atom. The monoisotopic (exact) mass is 168 g/mol. The van der Waals surface area contributed by atoms with Crippen LogP contribution in [0.4, 0.5) is 0 Å². The molecule has 2 heteroatoms. The van der Waals surface area contributed by atoms with E-state index in [1.165, 1.54) is 18.4 Å². The molecule has 12 heavy (non-hydrogen) atoms. The van der Waals surface area contributed by atoms with E-state index in [0.717, 1.165) is 19.0 Å². The van der Waals surface area contributed by atoms with Gasteiger partial charge >= 0.3 is 0 Å². The summed E-state index contributed by atoms with van der Waals surface area (Å²) in [5, 5.41) is 3.48. The maximum absolute atomic E-state index is 5.74. The Labute approximate surface area is 75.2 Å². The molecule has 1 aliphatic rings. The fourth-order valence-electron chi connectivity index (χ4n) is 1.46. The molecule has 0 amide bonds. The van der Waals surface area contributed by atoms with Crippen molar-refractivity contribution in [1.29, 1.82) is 0 Å². The van der Waals surface area contributed by atoms with Gasteiger partial charge in [-0.2, -0.15) is 0 Å². The van der Waals surface area contributed by atoms with E-state index < -0.39 is 0 Å². The number of nitrogens with two attached hydrogens (primary N) is 1. The summed E-state index contributed by atoms with van der Waals surface area (Å²) in [6.45, 7) is 9.74. The average Bonchev–Trinajstić information content (AvgIpc) is 2.82. The quantitative estimate of drug-likeness (QED) is 0.607. The largest absolute Gasteiger partial charge is 0.329 e. The highest BCUT2D eigenvalue weighted by Crippen LogP contribution is 2.38. The van der Waals surface area contributed by atoms with Gasteiger partial charge in [-0.25, -0.2) is 0 Å². The first kappa shape index (κ1) is 9.75. The molecule has 0 bridgehead atoms. The van der Waals surface area contributed by atoms with Crippen molar-refractivity contribution in [2.24, 2.45) is 11.7 Å². The molecule has 3 N–H and O–H groups in total. The minimum Gasteiger partial charge on any atom is -0.329 e. The summed E-state index contributed by atoms with van der Waals surface area (Å²) in [6, 6.07) is 0. The molecule has 0 aromatic heterocycles. The second kappa shape index (κ2) is 3.58. The van der Waals surface area contributed by atoms with Crippen LogP contribution in [0.1, 0.15) is 26.7 Å². The molecule has 1 atom stereocenters. The van der Waals surface area contributed by atoms with Crippen LogP contribution in [0.15, 0.2) is 12.2 Å². The van der Waals surface area contributed by atoms with Crippen LogP contribution in [0, 0.1) is 5.92 Å². The fraction of sp³-hybridized carbons (Fsp3) is 0.800. The highest BCUT2D eigenvalue weighted by atomic mass is 15.0. The van der Waals surface area contributed by atoms with Gasteiger partial charge in [-0.1, -0.05) is 12.2 Å². The van der Waals surface area contributed by atoms with E-state index in [1.807, 2.05) is 6.92 Å². The molecule has 1 rings (SSSR count). The van der Waals surface area contributed by atoms with E-state index in [-0.39, 0.29) is 5.54 Å². The van der Waals surface area contributed by atoms with Crippen molar-refractivity contribution in [3.05, 3.63) is 12.2 Å². The fourth-order valence-corrected chi connectivity index (χ4v) is 1.46. The van der Waals surface area contributed by atoms with E-state index in [9.17, 15) is 0 Å². The highest BCUT2D eigenvalue weighted by molar-refractivity contribution is 5.02. The molecule has 0 aromatic carbocycles. The molecular weight excluding hydrogens is 148 g/mol. The molecule has 70 valence electrons. The Morgan fingerprint density at radius 1 is 1.67 bits per heavy atom. The van der Waals surface area contributed by atoms with E-state index in [2.05, 4.69) is 18.8 Å². The van der Waals surface area contributed by atoms with Crippen molar-refractivity contribution in [3.63, 3.8) is 0 Å². The van der Waals surface area contributed by atoms with Crippen LogP contribution < -0.4 is 11.1 Å². The lowest BCUT2D eigenvalue weighted by atomic mass is 9.96. The maximum Gasteiger partial charge on any atom is 0.0306 e. The molecule has 2 nitrogen and oxygen atoms in total. The number of hydrogen-bond donors (Lipinski definition) is 2. The van der Waals surface area contributed by atoms with E-state index in [1.54, 1.807) is 0 Å². The zero-order valence-electron chi connectivity index (χ0n) is 8.19. The Balaban J connectivity index is 2.38. The van der Waals surface area contributed by atoms with Gasteiger partial charge < -0.3 is 11.1 Å². The summed E-state index contributed by atoms with van der Waals surface area (Å²) in [5.74, 6) is 0.793. The predicted octanol–water partition coefficient (Wildman–Crippen LogP) is 1.28. The van der Waals surface area contributed by atoms with Crippen LogP contribution in [0.5, 0.6) is 0 Å². The van der Waals surface area contributed by atoms with Gasteiger partial charge in [0.05, 0.1) is 0 Å². The van der Waals surface area contributed by atoms with Gasteiger partial charge in [0.25, 0.3) is 0 Å². The first-order chi connectivity index (χ1) is 5.58. The van der Waals surface area contributed by atoms with Crippen molar-refractivity contribution in [3.8, 4) is 0 Å². The highest BCUT2D eigenvalue weighted by Gasteiger charge is 2.39. The maximum atomic E-state index is 5.74. The van der Waals surface area contributed by atoms with Gasteiger partial charge in [0.1, 0.15) is 0 Å². The van der Waals surface area contributed by atoms with Crippen LogP contribution >= 0.6 is 0 Å². The topological polar surface area (TPSA) is 38.0 Å². The number of hydrogen-bond acceptors (Lipinski definition) is 2. The molecule has 0 aliphatic heterocycles. The van der Waals surface area contributed by atoms with Crippen molar-refractivity contribution in [2.75, 3.05) is 13.1 Å². The molecule has 0 aromatic rings. The zero-order chi connectivity index (χ0) is 9.19. The summed E-state index contributed by atoms with van der Waals surface area (Å²) in [5.41, 5.74) is 7.07. The van der Waals surface area contributed by atoms with Crippen LogP contribution in [0.3, 0.4) is 0 Å². The Morgan fingerprint density at radius 2 is 2.25 bits per heavy atom. The third kappa shape index (κ3) is 2.32. The standard InChI is InChI=1S/C10H20N2/c1-8(2)6-12-10(3,7-11)9-4-5-9/h9,12H,1,4-7,11H2,2-3H3. The van der Waals surface area contributed by atoms with Crippen molar-refractivity contribution in [2.45, 2.75) is 32.2 Å². The minimum absolute atomic E-state index is 0.152. The van der Waals surface area contributed by atoms with Gasteiger partial charge in [-0.15, -0.1) is 0 Å². The molecule has 1 fully saturated rings. The van der Waals surface area contributed by atoms with Crippen molar-refractivity contribution in [1.82, 2.24) is 5.32 Å². The van der Waals surface area contributed by atoms with Crippen LogP contribution in [-0.2, 0) is 0 Å². The van der Waals surface area contributed by atoms with Crippen LogP contribution in [0.2, 0.25) is 0 Å². The molecule has 0 spiro atoms.